The minimum absolute atomic E-state index is 0.123. The number of carbonyl (C=O) groups is 3. The van der Waals surface area contributed by atoms with Crippen molar-refractivity contribution in [1.29, 1.82) is 0 Å². The Morgan fingerprint density at radius 1 is 1.20 bits per heavy atom. The van der Waals surface area contributed by atoms with Gasteiger partial charge in [0.25, 0.3) is 5.91 Å². The van der Waals surface area contributed by atoms with Gasteiger partial charge in [-0.15, -0.1) is 0 Å². The first kappa shape index (κ1) is 16.2. The summed E-state index contributed by atoms with van der Waals surface area (Å²) in [6.45, 7) is 3.23. The zero-order valence-corrected chi connectivity index (χ0v) is 14.0. The van der Waals surface area contributed by atoms with Crippen molar-refractivity contribution in [2.24, 2.45) is 0 Å². The van der Waals surface area contributed by atoms with Crippen molar-refractivity contribution < 1.29 is 14.4 Å². The van der Waals surface area contributed by atoms with Crippen LogP contribution < -0.4 is 16.0 Å². The smallest absolute Gasteiger partial charge is 0.255 e. The molecule has 3 amide bonds. The van der Waals surface area contributed by atoms with Crippen LogP contribution in [0.15, 0.2) is 18.2 Å². The number of benzene rings is 1. The number of piperidine rings is 1. The normalized spacial score (nSPS) is 25.6. The zero-order chi connectivity index (χ0) is 17.4. The van der Waals surface area contributed by atoms with Gasteiger partial charge in [0, 0.05) is 37.7 Å². The largest absolute Gasteiger partial charge is 0.322 e. The Morgan fingerprint density at radius 2 is 2.04 bits per heavy atom. The van der Waals surface area contributed by atoms with E-state index in [1.165, 1.54) is 6.42 Å². The van der Waals surface area contributed by atoms with E-state index in [2.05, 4.69) is 16.0 Å². The Balaban J connectivity index is 1.41. The fourth-order valence-corrected chi connectivity index (χ4v) is 3.65. The Bertz CT molecular complexity index is 729. The molecular weight excluding hydrogens is 320 g/mol. The number of amides is 3. The van der Waals surface area contributed by atoms with E-state index < -0.39 is 6.04 Å². The molecular formula is C18H22N4O3. The summed E-state index contributed by atoms with van der Waals surface area (Å²) in [5.41, 5.74) is 2.75. The van der Waals surface area contributed by atoms with Gasteiger partial charge in [-0.2, -0.15) is 0 Å². The van der Waals surface area contributed by atoms with Gasteiger partial charge in [-0.3, -0.25) is 19.7 Å². The van der Waals surface area contributed by atoms with Crippen LogP contribution in [0.2, 0.25) is 0 Å². The molecule has 4 rings (SSSR count). The third-order valence-corrected chi connectivity index (χ3v) is 5.23. The second-order valence-electron chi connectivity index (χ2n) is 6.96. The van der Waals surface area contributed by atoms with Crippen LogP contribution in [0.5, 0.6) is 0 Å². The molecule has 1 aromatic carbocycles. The van der Waals surface area contributed by atoms with Crippen molar-refractivity contribution in [1.82, 2.24) is 20.9 Å². The average Bonchev–Trinajstić information content (AvgIpc) is 2.86. The van der Waals surface area contributed by atoms with Gasteiger partial charge in [0.2, 0.25) is 11.8 Å². The molecule has 7 heteroatoms. The van der Waals surface area contributed by atoms with E-state index in [0.717, 1.165) is 30.8 Å². The molecule has 2 fully saturated rings. The van der Waals surface area contributed by atoms with Crippen molar-refractivity contribution in [2.75, 3.05) is 13.1 Å². The molecule has 2 saturated heterocycles. The molecule has 0 radical (unpaired) electrons. The van der Waals surface area contributed by atoms with Gasteiger partial charge in [-0.1, -0.05) is 12.1 Å². The third-order valence-electron chi connectivity index (χ3n) is 5.23. The predicted molar refractivity (Wildman–Crippen MR) is 90.6 cm³/mol. The highest BCUT2D eigenvalue weighted by Gasteiger charge is 2.38. The van der Waals surface area contributed by atoms with Crippen molar-refractivity contribution >= 4 is 17.7 Å². The van der Waals surface area contributed by atoms with E-state index >= 15 is 0 Å². The molecule has 132 valence electrons. The maximum Gasteiger partial charge on any atom is 0.255 e. The minimum Gasteiger partial charge on any atom is -0.322 e. The predicted octanol–water partition coefficient (Wildman–Crippen LogP) is -0.101. The number of nitrogens with one attached hydrogen (secondary N) is 3. The van der Waals surface area contributed by atoms with E-state index in [0.29, 0.717) is 24.6 Å². The summed E-state index contributed by atoms with van der Waals surface area (Å²) in [7, 11) is 0. The fourth-order valence-electron chi connectivity index (χ4n) is 3.65. The quantitative estimate of drug-likeness (QED) is 0.650. The molecule has 0 aliphatic carbocycles. The second-order valence-corrected chi connectivity index (χ2v) is 6.96. The summed E-state index contributed by atoms with van der Waals surface area (Å²) in [5.74, 6) is -0.755. The maximum absolute atomic E-state index is 12.6. The number of imide groups is 1. The second kappa shape index (κ2) is 6.57. The van der Waals surface area contributed by atoms with E-state index in [1.807, 2.05) is 18.2 Å². The van der Waals surface area contributed by atoms with E-state index in [-0.39, 0.29) is 24.1 Å². The number of fused-ring (bicyclic) bond motifs is 1. The van der Waals surface area contributed by atoms with Gasteiger partial charge in [0.15, 0.2) is 0 Å². The van der Waals surface area contributed by atoms with Crippen LogP contribution >= 0.6 is 0 Å². The topological polar surface area (TPSA) is 90.5 Å². The van der Waals surface area contributed by atoms with Crippen molar-refractivity contribution in [3.8, 4) is 0 Å². The zero-order valence-electron chi connectivity index (χ0n) is 14.0. The molecule has 1 aromatic rings. The van der Waals surface area contributed by atoms with Crippen LogP contribution in [0.1, 0.15) is 40.7 Å². The lowest BCUT2D eigenvalue weighted by Gasteiger charge is -2.29. The standard InChI is InChI=1S/C18H22N4O3/c23-16-4-3-15(17(24)21-16)22-10-12-7-11(1-2-14(12)18(22)25)8-19-9-13-5-6-20-13/h1-2,7,13,15,19-20H,3-6,8-10H2,(H,21,23,24)/t13-,15?/m0/s1. The van der Waals surface area contributed by atoms with Gasteiger partial charge >= 0.3 is 0 Å². The molecule has 3 N–H and O–H groups in total. The van der Waals surface area contributed by atoms with Gasteiger partial charge < -0.3 is 15.5 Å². The Labute approximate surface area is 146 Å². The van der Waals surface area contributed by atoms with Gasteiger partial charge in [0.1, 0.15) is 6.04 Å². The highest BCUT2D eigenvalue weighted by Crippen LogP contribution is 2.28. The van der Waals surface area contributed by atoms with Crippen LogP contribution in [0.4, 0.5) is 0 Å². The van der Waals surface area contributed by atoms with Crippen LogP contribution in [0.25, 0.3) is 0 Å². The molecule has 0 spiro atoms. The molecule has 2 atom stereocenters. The average molecular weight is 342 g/mol. The first-order valence-electron chi connectivity index (χ1n) is 8.82. The van der Waals surface area contributed by atoms with E-state index in [9.17, 15) is 14.4 Å². The first-order valence-corrected chi connectivity index (χ1v) is 8.82. The van der Waals surface area contributed by atoms with E-state index in [1.54, 1.807) is 4.90 Å². The number of carbonyl (C=O) groups excluding carboxylic acids is 3. The summed E-state index contributed by atoms with van der Waals surface area (Å²) in [4.78, 5) is 37.6. The SMILES string of the molecule is O=C1CCC(N2Cc3cc(CNC[C@@H]4CCN4)ccc3C2=O)C(=O)N1. The van der Waals surface area contributed by atoms with Crippen LogP contribution in [0.3, 0.4) is 0 Å². The van der Waals surface area contributed by atoms with Gasteiger partial charge in [-0.05, 0) is 36.6 Å². The monoisotopic (exact) mass is 342 g/mol. The molecule has 3 heterocycles. The highest BCUT2D eigenvalue weighted by molar-refractivity contribution is 6.05. The van der Waals surface area contributed by atoms with Crippen molar-refractivity contribution in [2.45, 2.75) is 44.4 Å². The van der Waals surface area contributed by atoms with Crippen LogP contribution in [-0.2, 0) is 22.7 Å². The summed E-state index contributed by atoms with van der Waals surface area (Å²) < 4.78 is 0. The Morgan fingerprint density at radius 3 is 2.76 bits per heavy atom. The molecule has 25 heavy (non-hydrogen) atoms. The molecule has 0 saturated carbocycles. The molecule has 7 nitrogen and oxygen atoms in total. The summed E-state index contributed by atoms with van der Waals surface area (Å²) >= 11 is 0. The highest BCUT2D eigenvalue weighted by atomic mass is 16.2. The van der Waals surface area contributed by atoms with Crippen LogP contribution in [-0.4, -0.2) is 47.8 Å². The summed E-state index contributed by atoms with van der Waals surface area (Å²) in [5, 5.41) is 9.11. The first-order chi connectivity index (χ1) is 12.1. The third kappa shape index (κ3) is 3.17. The summed E-state index contributed by atoms with van der Waals surface area (Å²) in [6.07, 6.45) is 1.89. The van der Waals surface area contributed by atoms with Crippen molar-refractivity contribution in [3.63, 3.8) is 0 Å². The summed E-state index contributed by atoms with van der Waals surface area (Å²) in [6, 6.07) is 5.87. The number of hydrogen-bond acceptors (Lipinski definition) is 5. The van der Waals surface area contributed by atoms with Crippen LogP contribution in [0, 0.1) is 0 Å². The lowest BCUT2D eigenvalue weighted by atomic mass is 10.0. The molecule has 0 bridgehead atoms. The number of hydrogen-bond donors (Lipinski definition) is 3. The van der Waals surface area contributed by atoms with Gasteiger partial charge in [0.05, 0.1) is 0 Å². The maximum atomic E-state index is 12.6. The molecule has 1 unspecified atom stereocenters. The molecule has 0 aromatic heterocycles. The van der Waals surface area contributed by atoms with Crippen molar-refractivity contribution in [3.05, 3.63) is 34.9 Å². The minimum atomic E-state index is -0.552. The lowest BCUT2D eigenvalue weighted by Crippen LogP contribution is -2.52. The Kier molecular flexibility index (Phi) is 4.27. The Hall–Kier alpha value is -2.25. The number of nitrogens with zero attached hydrogens (tertiary/aromatic N) is 1. The van der Waals surface area contributed by atoms with E-state index in [4.69, 9.17) is 0 Å². The molecule has 3 aliphatic heterocycles. The molecule has 3 aliphatic rings. The number of rotatable bonds is 5. The lowest BCUT2D eigenvalue weighted by molar-refractivity contribution is -0.136. The van der Waals surface area contributed by atoms with Gasteiger partial charge in [-0.25, -0.2) is 0 Å². The fraction of sp³-hybridized carbons (Fsp3) is 0.500.